The zero-order valence-corrected chi connectivity index (χ0v) is 14.7. The summed E-state index contributed by atoms with van der Waals surface area (Å²) in [5, 5.41) is 16.0. The smallest absolute Gasteiger partial charge is 0.101 e. The van der Waals surface area contributed by atoms with E-state index in [1.54, 1.807) is 11.3 Å². The first-order valence-corrected chi connectivity index (χ1v) is 8.67. The third kappa shape index (κ3) is 2.42. The van der Waals surface area contributed by atoms with Gasteiger partial charge in [-0.1, -0.05) is 26.0 Å². The minimum absolute atomic E-state index is 0.180. The molecule has 1 aliphatic heterocycles. The maximum Gasteiger partial charge on any atom is 0.101 e. The maximum absolute atomic E-state index is 9.34. The number of allylic oxidation sites excluding steroid dienone is 3. The molecule has 0 saturated carbocycles. The lowest BCUT2D eigenvalue weighted by Crippen LogP contribution is -2.31. The van der Waals surface area contributed by atoms with E-state index < -0.39 is 0 Å². The summed E-state index contributed by atoms with van der Waals surface area (Å²) in [7, 11) is 0. The average Bonchev–Trinajstić information content (AvgIpc) is 2.93. The molecule has 1 aromatic heterocycles. The van der Waals surface area contributed by atoms with Crippen LogP contribution >= 0.6 is 11.3 Å². The number of dihydropyridines is 1. The van der Waals surface area contributed by atoms with Crippen molar-refractivity contribution < 1.29 is 0 Å². The molecule has 118 valence electrons. The Hall–Kier alpha value is -2.25. The first-order valence-electron chi connectivity index (χ1n) is 7.79. The zero-order chi connectivity index (χ0) is 16.7. The number of thiophene rings is 1. The second-order valence-corrected chi connectivity index (χ2v) is 7.25. The predicted molar refractivity (Wildman–Crippen MR) is 96.8 cm³/mol. The van der Waals surface area contributed by atoms with Crippen molar-refractivity contribution in [2.45, 2.75) is 33.6 Å². The monoisotopic (exact) mass is 323 g/mol. The highest BCUT2D eigenvalue weighted by atomic mass is 32.1. The van der Waals surface area contributed by atoms with Crippen LogP contribution in [0.25, 0.3) is 10.1 Å². The topological polar surface area (TPSA) is 61.8 Å². The van der Waals surface area contributed by atoms with Gasteiger partial charge in [-0.25, -0.2) is 0 Å². The van der Waals surface area contributed by atoms with Gasteiger partial charge >= 0.3 is 0 Å². The summed E-state index contributed by atoms with van der Waals surface area (Å²) in [6.07, 6.45) is 0. The predicted octanol–water partition coefficient (Wildman–Crippen LogP) is 4.58. The zero-order valence-electron chi connectivity index (χ0n) is 13.9. The molecular formula is C19H21N3S. The van der Waals surface area contributed by atoms with E-state index in [1.807, 2.05) is 12.1 Å². The summed E-state index contributed by atoms with van der Waals surface area (Å²) >= 11 is 1.65. The van der Waals surface area contributed by atoms with Crippen molar-refractivity contribution in [1.82, 2.24) is 5.32 Å². The molecule has 1 atom stereocenters. The summed E-state index contributed by atoms with van der Waals surface area (Å²) in [6, 6.07) is 8.26. The standard InChI is InChI=1S/C19H21N3S/c1-10(2)16-17(11(3)12(4)22-19(16)21)15-9-23-18-13(8-20)6-5-7-14(15)18/h5-7,9-10,17,22H,21H2,1-4H3. The maximum atomic E-state index is 9.34. The van der Waals surface area contributed by atoms with Gasteiger partial charge in [-0.2, -0.15) is 5.26 Å². The largest absolute Gasteiger partial charge is 0.385 e. The summed E-state index contributed by atoms with van der Waals surface area (Å²) in [4.78, 5) is 0. The Labute approximate surface area is 141 Å². The number of hydrogen-bond donors (Lipinski definition) is 2. The van der Waals surface area contributed by atoms with E-state index in [4.69, 9.17) is 5.73 Å². The quantitative estimate of drug-likeness (QED) is 0.850. The third-order valence-corrected chi connectivity index (χ3v) is 5.70. The highest BCUT2D eigenvalue weighted by Gasteiger charge is 2.30. The highest BCUT2D eigenvalue weighted by molar-refractivity contribution is 7.17. The van der Waals surface area contributed by atoms with Crippen LogP contribution in [0.3, 0.4) is 0 Å². The summed E-state index contributed by atoms with van der Waals surface area (Å²) in [6.45, 7) is 8.60. The number of rotatable bonds is 2. The molecule has 1 aliphatic rings. The normalized spacial score (nSPS) is 18.5. The van der Waals surface area contributed by atoms with Gasteiger partial charge in [-0.15, -0.1) is 11.3 Å². The fourth-order valence-corrected chi connectivity index (χ4v) is 4.47. The third-order valence-electron chi connectivity index (χ3n) is 4.65. The van der Waals surface area contributed by atoms with E-state index in [2.05, 4.69) is 50.5 Å². The fourth-order valence-electron chi connectivity index (χ4n) is 3.41. The molecule has 0 fully saturated rings. The molecular weight excluding hydrogens is 302 g/mol. The second kappa shape index (κ2) is 5.75. The van der Waals surface area contributed by atoms with E-state index >= 15 is 0 Å². The Morgan fingerprint density at radius 1 is 1.30 bits per heavy atom. The summed E-state index contributed by atoms with van der Waals surface area (Å²) in [5.74, 6) is 1.30. The minimum atomic E-state index is 0.180. The van der Waals surface area contributed by atoms with Gasteiger partial charge < -0.3 is 11.1 Å². The minimum Gasteiger partial charge on any atom is -0.385 e. The molecule has 23 heavy (non-hydrogen) atoms. The average molecular weight is 323 g/mol. The molecule has 2 aromatic rings. The molecule has 0 radical (unpaired) electrons. The molecule has 0 amide bonds. The Morgan fingerprint density at radius 2 is 2.04 bits per heavy atom. The van der Waals surface area contributed by atoms with Crippen molar-refractivity contribution in [3.05, 3.63) is 57.4 Å². The van der Waals surface area contributed by atoms with E-state index in [9.17, 15) is 5.26 Å². The first kappa shape index (κ1) is 15.6. The van der Waals surface area contributed by atoms with Crippen molar-refractivity contribution in [3.8, 4) is 6.07 Å². The van der Waals surface area contributed by atoms with Crippen LogP contribution in [0.2, 0.25) is 0 Å². The van der Waals surface area contributed by atoms with Crippen LogP contribution in [-0.4, -0.2) is 0 Å². The van der Waals surface area contributed by atoms with Gasteiger partial charge in [0.15, 0.2) is 0 Å². The van der Waals surface area contributed by atoms with Crippen molar-refractivity contribution in [2.75, 3.05) is 0 Å². The Kier molecular flexibility index (Phi) is 3.91. The van der Waals surface area contributed by atoms with Crippen LogP contribution in [0.1, 0.15) is 44.7 Å². The van der Waals surface area contributed by atoms with Crippen LogP contribution in [0.5, 0.6) is 0 Å². The lowest BCUT2D eigenvalue weighted by Gasteiger charge is -2.32. The van der Waals surface area contributed by atoms with Crippen LogP contribution in [0, 0.1) is 17.2 Å². The summed E-state index contributed by atoms with van der Waals surface area (Å²) in [5.41, 5.74) is 12.0. The number of nitrogens with one attached hydrogen (secondary N) is 1. The molecule has 0 saturated heterocycles. The molecule has 0 spiro atoms. The fraction of sp³-hybridized carbons (Fsp3) is 0.316. The SMILES string of the molecule is CC1=C(C)C(c2csc3c(C#N)cccc23)C(C(C)C)=C(N)N1. The van der Waals surface area contributed by atoms with Crippen LogP contribution < -0.4 is 11.1 Å². The van der Waals surface area contributed by atoms with E-state index in [-0.39, 0.29) is 5.92 Å². The Bertz CT molecular complexity index is 878. The van der Waals surface area contributed by atoms with E-state index in [0.717, 1.165) is 21.8 Å². The number of nitriles is 1. The molecule has 1 aromatic carbocycles. The van der Waals surface area contributed by atoms with Crippen molar-refractivity contribution in [3.63, 3.8) is 0 Å². The van der Waals surface area contributed by atoms with Gasteiger partial charge in [0.1, 0.15) is 11.9 Å². The second-order valence-electron chi connectivity index (χ2n) is 6.37. The van der Waals surface area contributed by atoms with Gasteiger partial charge in [0.2, 0.25) is 0 Å². The molecule has 4 heteroatoms. The van der Waals surface area contributed by atoms with Gasteiger partial charge in [-0.05, 0) is 53.3 Å². The highest BCUT2D eigenvalue weighted by Crippen LogP contribution is 2.44. The molecule has 0 bridgehead atoms. The van der Waals surface area contributed by atoms with Crippen LogP contribution in [-0.2, 0) is 0 Å². The van der Waals surface area contributed by atoms with Gasteiger partial charge in [-0.3, -0.25) is 0 Å². The number of nitrogens with two attached hydrogens (primary N) is 1. The molecule has 2 heterocycles. The number of hydrogen-bond acceptors (Lipinski definition) is 4. The van der Waals surface area contributed by atoms with Crippen molar-refractivity contribution in [1.29, 1.82) is 5.26 Å². The summed E-state index contributed by atoms with van der Waals surface area (Å²) < 4.78 is 1.07. The van der Waals surface area contributed by atoms with E-state index in [0.29, 0.717) is 5.92 Å². The number of benzene rings is 1. The van der Waals surface area contributed by atoms with Crippen molar-refractivity contribution in [2.24, 2.45) is 11.7 Å². The van der Waals surface area contributed by atoms with Gasteiger partial charge in [0.05, 0.1) is 10.3 Å². The van der Waals surface area contributed by atoms with Crippen molar-refractivity contribution >= 4 is 21.4 Å². The molecule has 3 rings (SSSR count). The molecule has 0 aliphatic carbocycles. The Balaban J connectivity index is 2.27. The molecule has 3 nitrogen and oxygen atoms in total. The first-order chi connectivity index (χ1) is 11.0. The molecule has 1 unspecified atom stereocenters. The lowest BCUT2D eigenvalue weighted by atomic mass is 9.77. The molecule has 3 N–H and O–H groups in total. The van der Waals surface area contributed by atoms with Gasteiger partial charge in [0.25, 0.3) is 0 Å². The number of nitrogens with zero attached hydrogens (tertiary/aromatic N) is 1. The number of fused-ring (bicyclic) bond motifs is 1. The lowest BCUT2D eigenvalue weighted by molar-refractivity contribution is 0.638. The van der Waals surface area contributed by atoms with Crippen LogP contribution in [0.15, 0.2) is 46.2 Å². The Morgan fingerprint density at radius 3 is 2.70 bits per heavy atom. The van der Waals surface area contributed by atoms with Crippen LogP contribution in [0.4, 0.5) is 0 Å². The van der Waals surface area contributed by atoms with E-state index in [1.165, 1.54) is 22.1 Å². The van der Waals surface area contributed by atoms with Gasteiger partial charge in [0, 0.05) is 11.6 Å².